The molecular formula is C10H13NO2. The fraction of sp³-hybridized carbons (Fsp3) is 0.400. The van der Waals surface area contributed by atoms with E-state index < -0.39 is 5.54 Å². The van der Waals surface area contributed by atoms with Gasteiger partial charge in [-0.3, -0.25) is 14.5 Å². The van der Waals surface area contributed by atoms with Crippen LogP contribution in [-0.4, -0.2) is 22.3 Å². The van der Waals surface area contributed by atoms with Gasteiger partial charge < -0.3 is 0 Å². The Morgan fingerprint density at radius 1 is 1.46 bits per heavy atom. The normalized spacial score (nSPS) is 20.6. The fourth-order valence-electron chi connectivity index (χ4n) is 1.30. The summed E-state index contributed by atoms with van der Waals surface area (Å²) >= 11 is 0. The van der Waals surface area contributed by atoms with Crippen LogP contribution in [0, 0.1) is 0 Å². The van der Waals surface area contributed by atoms with Crippen molar-refractivity contribution in [3.63, 3.8) is 0 Å². The van der Waals surface area contributed by atoms with Crippen molar-refractivity contribution in [3.05, 3.63) is 24.8 Å². The van der Waals surface area contributed by atoms with Crippen molar-refractivity contribution < 1.29 is 9.59 Å². The molecule has 1 rings (SSSR count). The number of nitrogens with zero attached hydrogens (tertiary/aromatic N) is 1. The first kappa shape index (κ1) is 9.71. The van der Waals surface area contributed by atoms with Crippen LogP contribution < -0.4 is 0 Å². The Kier molecular flexibility index (Phi) is 2.36. The molecule has 70 valence electrons. The third-order valence-corrected chi connectivity index (χ3v) is 2.48. The van der Waals surface area contributed by atoms with Gasteiger partial charge in [0.05, 0.1) is 5.54 Å². The summed E-state index contributed by atoms with van der Waals surface area (Å²) in [5, 5.41) is 0. The Hall–Kier alpha value is -1.38. The molecule has 0 bridgehead atoms. The molecule has 0 fully saturated rings. The van der Waals surface area contributed by atoms with Crippen LogP contribution in [0.4, 0.5) is 0 Å². The maximum atomic E-state index is 11.3. The molecule has 3 nitrogen and oxygen atoms in total. The zero-order chi connectivity index (χ0) is 10.1. The molecule has 0 saturated carbocycles. The first-order valence-electron chi connectivity index (χ1n) is 4.25. The second kappa shape index (κ2) is 3.17. The van der Waals surface area contributed by atoms with Gasteiger partial charge in [-0.05, 0) is 13.3 Å². The lowest BCUT2D eigenvalue weighted by atomic mass is 9.97. The highest BCUT2D eigenvalue weighted by Gasteiger charge is 2.36. The number of carbonyl (C=O) groups excluding carboxylic acids is 2. The molecule has 1 aliphatic rings. The Balaban J connectivity index is 3.00. The summed E-state index contributed by atoms with van der Waals surface area (Å²) in [4.78, 5) is 23.9. The summed E-state index contributed by atoms with van der Waals surface area (Å²) in [5.41, 5.74) is -0.558. The summed E-state index contributed by atoms with van der Waals surface area (Å²) in [6, 6.07) is 0. The SMILES string of the molecule is C=CC(C)(CC)N1C(=O)C=CC1=O. The number of hydrogen-bond donors (Lipinski definition) is 0. The highest BCUT2D eigenvalue weighted by Crippen LogP contribution is 2.24. The van der Waals surface area contributed by atoms with Crippen LogP contribution in [0.25, 0.3) is 0 Å². The summed E-state index contributed by atoms with van der Waals surface area (Å²) in [6.45, 7) is 7.38. The zero-order valence-corrected chi connectivity index (χ0v) is 7.91. The standard InChI is InChI=1S/C10H13NO2/c1-4-10(3,5-2)11-8(12)6-7-9(11)13/h4,6-7H,1,5H2,2-3H3. The summed E-state index contributed by atoms with van der Waals surface area (Å²) in [6.07, 6.45) is 4.89. The van der Waals surface area contributed by atoms with Crippen LogP contribution in [0.2, 0.25) is 0 Å². The average molecular weight is 179 g/mol. The van der Waals surface area contributed by atoms with E-state index in [9.17, 15) is 9.59 Å². The van der Waals surface area contributed by atoms with Gasteiger partial charge in [0.25, 0.3) is 11.8 Å². The summed E-state index contributed by atoms with van der Waals surface area (Å²) < 4.78 is 0. The molecule has 0 aromatic heterocycles. The molecule has 1 aliphatic heterocycles. The van der Waals surface area contributed by atoms with Gasteiger partial charge in [-0.1, -0.05) is 13.0 Å². The van der Waals surface area contributed by atoms with Crippen molar-refractivity contribution in [1.82, 2.24) is 4.90 Å². The minimum atomic E-state index is -0.558. The molecule has 0 saturated heterocycles. The van der Waals surface area contributed by atoms with Crippen molar-refractivity contribution in [3.8, 4) is 0 Å². The third-order valence-electron chi connectivity index (χ3n) is 2.48. The van der Waals surface area contributed by atoms with Crippen LogP contribution in [0.15, 0.2) is 24.8 Å². The lowest BCUT2D eigenvalue weighted by Gasteiger charge is -2.33. The molecule has 1 heterocycles. The van der Waals surface area contributed by atoms with E-state index in [1.165, 1.54) is 17.1 Å². The van der Waals surface area contributed by atoms with Gasteiger partial charge in [0, 0.05) is 12.2 Å². The van der Waals surface area contributed by atoms with Gasteiger partial charge in [-0.2, -0.15) is 0 Å². The lowest BCUT2D eigenvalue weighted by Crippen LogP contribution is -2.47. The Labute approximate surface area is 77.7 Å². The predicted molar refractivity (Wildman–Crippen MR) is 49.9 cm³/mol. The Morgan fingerprint density at radius 3 is 2.23 bits per heavy atom. The number of carbonyl (C=O) groups is 2. The van der Waals surface area contributed by atoms with Crippen LogP contribution in [0.1, 0.15) is 20.3 Å². The third kappa shape index (κ3) is 1.41. The topological polar surface area (TPSA) is 37.4 Å². The first-order valence-corrected chi connectivity index (χ1v) is 4.25. The molecule has 0 N–H and O–H groups in total. The van der Waals surface area contributed by atoms with Gasteiger partial charge in [-0.25, -0.2) is 0 Å². The molecule has 0 aromatic rings. The number of hydrogen-bond acceptors (Lipinski definition) is 2. The number of rotatable bonds is 3. The van der Waals surface area contributed by atoms with E-state index in [1.54, 1.807) is 6.08 Å². The molecule has 0 radical (unpaired) electrons. The number of amides is 2. The average Bonchev–Trinajstić information content (AvgIpc) is 2.46. The maximum absolute atomic E-state index is 11.3. The fourth-order valence-corrected chi connectivity index (χ4v) is 1.30. The molecular weight excluding hydrogens is 166 g/mol. The van der Waals surface area contributed by atoms with Crippen LogP contribution >= 0.6 is 0 Å². The molecule has 1 atom stereocenters. The monoisotopic (exact) mass is 179 g/mol. The van der Waals surface area contributed by atoms with E-state index >= 15 is 0 Å². The van der Waals surface area contributed by atoms with Crippen molar-refractivity contribution in [2.75, 3.05) is 0 Å². The Bertz CT molecular complexity index is 275. The lowest BCUT2D eigenvalue weighted by molar-refractivity contribution is -0.141. The van der Waals surface area contributed by atoms with Crippen LogP contribution in [0.5, 0.6) is 0 Å². The minimum Gasteiger partial charge on any atom is -0.269 e. The second-order valence-corrected chi connectivity index (χ2v) is 3.26. The van der Waals surface area contributed by atoms with Gasteiger partial charge >= 0.3 is 0 Å². The zero-order valence-electron chi connectivity index (χ0n) is 7.91. The van der Waals surface area contributed by atoms with Gasteiger partial charge in [0.2, 0.25) is 0 Å². The smallest absolute Gasteiger partial charge is 0.254 e. The largest absolute Gasteiger partial charge is 0.269 e. The second-order valence-electron chi connectivity index (χ2n) is 3.26. The first-order chi connectivity index (χ1) is 6.05. The van der Waals surface area contributed by atoms with Crippen molar-refractivity contribution >= 4 is 11.8 Å². The van der Waals surface area contributed by atoms with Gasteiger partial charge in [0.1, 0.15) is 0 Å². The van der Waals surface area contributed by atoms with E-state index in [0.29, 0.717) is 6.42 Å². The molecule has 13 heavy (non-hydrogen) atoms. The van der Waals surface area contributed by atoms with Gasteiger partial charge in [0.15, 0.2) is 0 Å². The summed E-state index contributed by atoms with van der Waals surface area (Å²) in [5.74, 6) is -0.511. The highest BCUT2D eigenvalue weighted by atomic mass is 16.2. The van der Waals surface area contributed by atoms with Crippen molar-refractivity contribution in [2.45, 2.75) is 25.8 Å². The molecule has 0 aromatic carbocycles. The van der Waals surface area contributed by atoms with Gasteiger partial charge in [-0.15, -0.1) is 6.58 Å². The number of imide groups is 1. The van der Waals surface area contributed by atoms with E-state index in [1.807, 2.05) is 13.8 Å². The van der Waals surface area contributed by atoms with E-state index in [4.69, 9.17) is 0 Å². The summed E-state index contributed by atoms with van der Waals surface area (Å²) in [7, 11) is 0. The molecule has 0 aliphatic carbocycles. The van der Waals surface area contributed by atoms with Crippen LogP contribution in [0.3, 0.4) is 0 Å². The predicted octanol–water partition coefficient (Wildman–Crippen LogP) is 1.27. The van der Waals surface area contributed by atoms with Crippen molar-refractivity contribution in [2.24, 2.45) is 0 Å². The molecule has 1 unspecified atom stereocenters. The van der Waals surface area contributed by atoms with E-state index in [-0.39, 0.29) is 11.8 Å². The molecule has 2 amide bonds. The van der Waals surface area contributed by atoms with Crippen LogP contribution in [-0.2, 0) is 9.59 Å². The maximum Gasteiger partial charge on any atom is 0.254 e. The minimum absolute atomic E-state index is 0.255. The highest BCUT2D eigenvalue weighted by molar-refractivity contribution is 6.13. The van der Waals surface area contributed by atoms with Crippen molar-refractivity contribution in [1.29, 1.82) is 0 Å². The Morgan fingerprint density at radius 2 is 1.92 bits per heavy atom. The quantitative estimate of drug-likeness (QED) is 0.483. The van der Waals surface area contributed by atoms with E-state index in [0.717, 1.165) is 0 Å². The molecule has 0 spiro atoms. The van der Waals surface area contributed by atoms with E-state index in [2.05, 4.69) is 6.58 Å². The molecule has 3 heteroatoms.